The van der Waals surface area contributed by atoms with Gasteiger partial charge in [-0.15, -0.1) is 0 Å². The van der Waals surface area contributed by atoms with E-state index in [-0.39, 0.29) is 11.7 Å². The summed E-state index contributed by atoms with van der Waals surface area (Å²) < 4.78 is 5.34. The van der Waals surface area contributed by atoms with Crippen molar-refractivity contribution in [2.45, 2.75) is 6.42 Å². The molecule has 5 nitrogen and oxygen atoms in total. The minimum atomic E-state index is -0.139. The van der Waals surface area contributed by atoms with Gasteiger partial charge in [0.15, 0.2) is 0 Å². The van der Waals surface area contributed by atoms with E-state index in [1.807, 2.05) is 24.3 Å². The van der Waals surface area contributed by atoms with Crippen LogP contribution in [0, 0.1) is 0 Å². The molecule has 1 aliphatic rings. The van der Waals surface area contributed by atoms with Crippen LogP contribution in [-0.4, -0.2) is 67.3 Å². The largest absolute Gasteiger partial charge is 0.507 e. The molecule has 0 saturated carbocycles. The van der Waals surface area contributed by atoms with Crippen LogP contribution in [0.2, 0.25) is 0 Å². The Bertz CT molecular complexity index is 711. The van der Waals surface area contributed by atoms with Gasteiger partial charge >= 0.3 is 0 Å². The van der Waals surface area contributed by atoms with Gasteiger partial charge in [0.25, 0.3) is 5.91 Å². The predicted molar refractivity (Wildman–Crippen MR) is 94.4 cm³/mol. The van der Waals surface area contributed by atoms with Crippen molar-refractivity contribution in [2.75, 3.05) is 46.4 Å². The Kier molecular flexibility index (Phi) is 5.33. The zero-order chi connectivity index (χ0) is 16.9. The topological polar surface area (TPSA) is 53.0 Å². The SMILES string of the molecule is CN(CCCN1CCOCC1)C(=O)c1cc2ccccc2cc1O. The third kappa shape index (κ3) is 3.86. The van der Waals surface area contributed by atoms with Crippen LogP contribution in [-0.2, 0) is 4.74 Å². The number of fused-ring (bicyclic) bond motifs is 1. The van der Waals surface area contributed by atoms with Crippen molar-refractivity contribution in [3.05, 3.63) is 42.0 Å². The number of phenolic OH excluding ortho intramolecular Hbond substituents is 1. The van der Waals surface area contributed by atoms with E-state index < -0.39 is 0 Å². The molecule has 1 fully saturated rings. The van der Waals surface area contributed by atoms with Crippen molar-refractivity contribution in [1.82, 2.24) is 9.80 Å². The van der Waals surface area contributed by atoms with Crippen molar-refractivity contribution in [2.24, 2.45) is 0 Å². The van der Waals surface area contributed by atoms with Crippen LogP contribution in [0.15, 0.2) is 36.4 Å². The molecular formula is C19H24N2O3. The van der Waals surface area contributed by atoms with E-state index in [0.29, 0.717) is 12.1 Å². The highest BCUT2D eigenvalue weighted by molar-refractivity contribution is 6.01. The van der Waals surface area contributed by atoms with Crippen molar-refractivity contribution < 1.29 is 14.6 Å². The van der Waals surface area contributed by atoms with E-state index in [1.54, 1.807) is 24.1 Å². The van der Waals surface area contributed by atoms with Gasteiger partial charge in [-0.3, -0.25) is 9.69 Å². The van der Waals surface area contributed by atoms with Gasteiger partial charge in [-0.1, -0.05) is 24.3 Å². The van der Waals surface area contributed by atoms with E-state index in [0.717, 1.165) is 50.0 Å². The Balaban J connectivity index is 1.61. The van der Waals surface area contributed by atoms with Gasteiger partial charge in [-0.25, -0.2) is 0 Å². The lowest BCUT2D eigenvalue weighted by Crippen LogP contribution is -2.38. The molecule has 3 rings (SSSR count). The lowest BCUT2D eigenvalue weighted by Gasteiger charge is -2.27. The summed E-state index contributed by atoms with van der Waals surface area (Å²) in [6, 6.07) is 11.1. The van der Waals surface area contributed by atoms with Gasteiger partial charge in [-0.05, 0) is 29.3 Å². The molecule has 1 saturated heterocycles. The number of amides is 1. The van der Waals surface area contributed by atoms with Crippen LogP contribution in [0.3, 0.4) is 0 Å². The molecule has 1 N–H and O–H groups in total. The molecule has 1 amide bonds. The highest BCUT2D eigenvalue weighted by Gasteiger charge is 2.17. The number of ether oxygens (including phenoxy) is 1. The molecule has 128 valence electrons. The molecule has 24 heavy (non-hydrogen) atoms. The average Bonchev–Trinajstić information content (AvgIpc) is 2.61. The molecule has 0 unspecified atom stereocenters. The van der Waals surface area contributed by atoms with Crippen LogP contribution in [0.1, 0.15) is 16.8 Å². The third-order valence-corrected chi connectivity index (χ3v) is 4.51. The summed E-state index contributed by atoms with van der Waals surface area (Å²) in [5, 5.41) is 12.1. The number of nitrogens with zero attached hydrogens (tertiary/aromatic N) is 2. The van der Waals surface area contributed by atoms with E-state index in [9.17, 15) is 9.90 Å². The second-order valence-electron chi connectivity index (χ2n) is 6.25. The van der Waals surface area contributed by atoms with Crippen molar-refractivity contribution in [3.63, 3.8) is 0 Å². The summed E-state index contributed by atoms with van der Waals surface area (Å²) >= 11 is 0. The molecule has 0 aliphatic carbocycles. The van der Waals surface area contributed by atoms with E-state index in [2.05, 4.69) is 4.90 Å². The monoisotopic (exact) mass is 328 g/mol. The fourth-order valence-electron chi connectivity index (χ4n) is 3.06. The molecule has 0 aromatic heterocycles. The van der Waals surface area contributed by atoms with Crippen LogP contribution in [0.4, 0.5) is 0 Å². The summed E-state index contributed by atoms with van der Waals surface area (Å²) in [4.78, 5) is 16.7. The standard InChI is InChI=1S/C19H24N2O3/c1-20(7-4-8-21-9-11-24-12-10-21)19(23)17-13-15-5-2-3-6-16(15)14-18(17)22/h2-3,5-6,13-14,22H,4,7-12H2,1H3. The predicted octanol–water partition coefficient (Wildman–Crippen LogP) is 2.34. The van der Waals surface area contributed by atoms with Crippen molar-refractivity contribution in [1.29, 1.82) is 0 Å². The zero-order valence-corrected chi connectivity index (χ0v) is 14.1. The second-order valence-corrected chi connectivity index (χ2v) is 6.25. The summed E-state index contributed by atoms with van der Waals surface area (Å²) in [7, 11) is 1.79. The van der Waals surface area contributed by atoms with Gasteiger partial charge in [0.2, 0.25) is 0 Å². The number of rotatable bonds is 5. The quantitative estimate of drug-likeness (QED) is 0.915. The highest BCUT2D eigenvalue weighted by Crippen LogP contribution is 2.25. The molecule has 0 bridgehead atoms. The molecule has 0 spiro atoms. The Morgan fingerprint density at radius 2 is 1.88 bits per heavy atom. The number of carbonyl (C=O) groups excluding carboxylic acids is 1. The normalized spacial score (nSPS) is 15.5. The molecule has 1 aliphatic heterocycles. The number of phenols is 1. The maximum Gasteiger partial charge on any atom is 0.257 e. The van der Waals surface area contributed by atoms with E-state index in [1.165, 1.54) is 0 Å². The molecule has 0 radical (unpaired) electrons. The maximum absolute atomic E-state index is 12.6. The number of carbonyl (C=O) groups is 1. The van der Waals surface area contributed by atoms with Gasteiger partial charge in [-0.2, -0.15) is 0 Å². The molecular weight excluding hydrogens is 304 g/mol. The molecule has 1 heterocycles. The summed E-state index contributed by atoms with van der Waals surface area (Å²) in [5.74, 6) is -0.0982. The molecule has 0 atom stereocenters. The van der Waals surface area contributed by atoms with E-state index >= 15 is 0 Å². The number of morpholine rings is 1. The summed E-state index contributed by atoms with van der Waals surface area (Å²) in [5.41, 5.74) is 0.363. The number of hydrogen-bond donors (Lipinski definition) is 1. The van der Waals surface area contributed by atoms with Gasteiger partial charge < -0.3 is 14.7 Å². The fourth-order valence-corrected chi connectivity index (χ4v) is 3.06. The van der Waals surface area contributed by atoms with Gasteiger partial charge in [0, 0.05) is 33.2 Å². The Hall–Kier alpha value is -2.11. The Morgan fingerprint density at radius 1 is 1.21 bits per heavy atom. The minimum absolute atomic E-state index is 0.0405. The lowest BCUT2D eigenvalue weighted by atomic mass is 10.0. The second kappa shape index (κ2) is 7.64. The van der Waals surface area contributed by atoms with Crippen LogP contribution in [0.25, 0.3) is 10.8 Å². The maximum atomic E-state index is 12.6. The van der Waals surface area contributed by atoms with Crippen molar-refractivity contribution >= 4 is 16.7 Å². The number of aromatic hydroxyl groups is 1. The smallest absolute Gasteiger partial charge is 0.257 e. The van der Waals surface area contributed by atoms with Crippen LogP contribution >= 0.6 is 0 Å². The third-order valence-electron chi connectivity index (χ3n) is 4.51. The zero-order valence-electron chi connectivity index (χ0n) is 14.1. The summed E-state index contributed by atoms with van der Waals surface area (Å²) in [6.45, 7) is 5.14. The van der Waals surface area contributed by atoms with Gasteiger partial charge in [0.1, 0.15) is 5.75 Å². The molecule has 2 aromatic rings. The number of benzene rings is 2. The first-order chi connectivity index (χ1) is 11.6. The van der Waals surface area contributed by atoms with Crippen LogP contribution < -0.4 is 0 Å². The average molecular weight is 328 g/mol. The number of hydrogen-bond acceptors (Lipinski definition) is 4. The van der Waals surface area contributed by atoms with Gasteiger partial charge in [0.05, 0.1) is 18.8 Å². The first-order valence-corrected chi connectivity index (χ1v) is 8.42. The Morgan fingerprint density at radius 3 is 2.58 bits per heavy atom. The van der Waals surface area contributed by atoms with Crippen LogP contribution in [0.5, 0.6) is 5.75 Å². The highest BCUT2D eigenvalue weighted by atomic mass is 16.5. The molecule has 5 heteroatoms. The minimum Gasteiger partial charge on any atom is -0.507 e. The Labute approximate surface area is 142 Å². The summed E-state index contributed by atoms with van der Waals surface area (Å²) in [6.07, 6.45) is 0.913. The first kappa shape index (κ1) is 16.7. The first-order valence-electron chi connectivity index (χ1n) is 8.42. The lowest BCUT2D eigenvalue weighted by molar-refractivity contribution is 0.0361. The van der Waals surface area contributed by atoms with Crippen molar-refractivity contribution in [3.8, 4) is 5.75 Å². The molecule has 2 aromatic carbocycles. The van der Waals surface area contributed by atoms with E-state index in [4.69, 9.17) is 4.74 Å². The fraction of sp³-hybridized carbons (Fsp3) is 0.421.